The average Bonchev–Trinajstić information content (AvgIpc) is 3.38. The van der Waals surface area contributed by atoms with Gasteiger partial charge in [-0.2, -0.15) is 0 Å². The maximum atomic E-state index is 2.48. The van der Waals surface area contributed by atoms with Crippen LogP contribution in [-0.2, 0) is 0 Å². The zero-order valence-corrected chi connectivity index (χ0v) is 35.6. The summed E-state index contributed by atoms with van der Waals surface area (Å²) in [6.07, 6.45) is 0. The maximum Gasteiger partial charge on any atom is 0.0468 e. The lowest BCUT2D eigenvalue weighted by atomic mass is 9.88. The van der Waals surface area contributed by atoms with Crippen molar-refractivity contribution in [3.05, 3.63) is 249 Å². The Hall–Kier alpha value is -8.52. The highest BCUT2D eigenvalue weighted by Crippen LogP contribution is 2.45. The molecule has 0 fully saturated rings. The molecule has 0 aliphatic carbocycles. The summed E-state index contributed by atoms with van der Waals surface area (Å²) in [5, 5.41) is 19.9. The van der Waals surface area contributed by atoms with E-state index in [9.17, 15) is 0 Å². The summed E-state index contributed by atoms with van der Waals surface area (Å²) in [6, 6.07) is 91.9. The minimum atomic E-state index is 1.09. The Labute approximate surface area is 377 Å². The van der Waals surface area contributed by atoms with E-state index >= 15 is 0 Å². The molecule has 0 N–H and O–H groups in total. The van der Waals surface area contributed by atoms with Crippen LogP contribution < -0.4 is 4.90 Å². The summed E-state index contributed by atoms with van der Waals surface area (Å²) in [7, 11) is 0. The molecule has 13 aromatic rings. The smallest absolute Gasteiger partial charge is 0.0468 e. The molecule has 0 heterocycles. The molecule has 0 unspecified atom stereocenters. The lowest BCUT2D eigenvalue weighted by Crippen LogP contribution is -2.09. The van der Waals surface area contributed by atoms with Crippen LogP contribution >= 0.6 is 0 Å². The third kappa shape index (κ3) is 6.09. The Morgan fingerprint density at radius 1 is 0.185 bits per heavy atom. The molecule has 0 saturated carbocycles. The molecule has 0 radical (unpaired) electrons. The predicted octanol–water partition coefficient (Wildman–Crippen LogP) is 18.3. The van der Waals surface area contributed by atoms with Crippen LogP contribution in [-0.4, -0.2) is 0 Å². The van der Waals surface area contributed by atoms with Crippen molar-refractivity contribution in [1.82, 2.24) is 0 Å². The minimum absolute atomic E-state index is 1.09. The Bertz CT molecular complexity index is 4010. The number of fused-ring (bicyclic) bond motifs is 11. The van der Waals surface area contributed by atoms with E-state index in [4.69, 9.17) is 0 Å². The first-order chi connectivity index (χ1) is 32.2. The van der Waals surface area contributed by atoms with Gasteiger partial charge < -0.3 is 4.90 Å². The van der Waals surface area contributed by atoms with E-state index in [1.165, 1.54) is 108 Å². The molecule has 13 rings (SSSR count). The first-order valence-corrected chi connectivity index (χ1v) is 22.5. The Morgan fingerprint density at radius 3 is 1.20 bits per heavy atom. The van der Waals surface area contributed by atoms with Gasteiger partial charge in [0.25, 0.3) is 0 Å². The van der Waals surface area contributed by atoms with E-state index < -0.39 is 0 Å². The van der Waals surface area contributed by atoms with Crippen LogP contribution in [0.5, 0.6) is 0 Å². The fourth-order valence-corrected chi connectivity index (χ4v) is 10.6. The lowest BCUT2D eigenvalue weighted by molar-refractivity contribution is 1.29. The van der Waals surface area contributed by atoms with Crippen LogP contribution in [0.1, 0.15) is 0 Å². The van der Waals surface area contributed by atoms with E-state index in [-0.39, 0.29) is 0 Å². The molecule has 1 heteroatoms. The summed E-state index contributed by atoms with van der Waals surface area (Å²) in [4.78, 5) is 2.40. The average molecular weight is 824 g/mol. The second-order valence-electron chi connectivity index (χ2n) is 17.2. The number of rotatable bonds is 5. The monoisotopic (exact) mass is 823 g/mol. The van der Waals surface area contributed by atoms with Gasteiger partial charge in [-0.1, -0.05) is 206 Å². The molecule has 13 aromatic carbocycles. The Balaban J connectivity index is 1.13. The SMILES string of the molecule is c1ccc(-c2ccc(-c3ccc(N(c4ccccc4)c4ccc5c6ccccc6c6ccccc6c6ccccc6c6c(cc7ccc8cccc9ccc6c7c89)c5c4)cc3)cc2)cc1. The van der Waals surface area contributed by atoms with Crippen molar-refractivity contribution < 1.29 is 0 Å². The normalized spacial score (nSPS) is 11.7. The van der Waals surface area contributed by atoms with Gasteiger partial charge in [-0.05, 0) is 151 Å². The summed E-state index contributed by atoms with van der Waals surface area (Å²) in [6.45, 7) is 0. The van der Waals surface area contributed by atoms with Crippen molar-refractivity contribution in [1.29, 1.82) is 0 Å². The molecule has 0 aromatic heterocycles. The number of hydrogen-bond acceptors (Lipinski definition) is 1. The maximum absolute atomic E-state index is 2.48. The second-order valence-corrected chi connectivity index (χ2v) is 17.2. The molecule has 0 aliphatic rings. The van der Waals surface area contributed by atoms with Gasteiger partial charge in [0.2, 0.25) is 0 Å². The zero-order chi connectivity index (χ0) is 42.8. The first kappa shape index (κ1) is 37.1. The quantitative estimate of drug-likeness (QED) is 0.156. The van der Waals surface area contributed by atoms with E-state index in [1.54, 1.807) is 0 Å². The molecule has 0 spiro atoms. The van der Waals surface area contributed by atoms with Crippen LogP contribution in [0.4, 0.5) is 17.1 Å². The van der Waals surface area contributed by atoms with E-state index in [2.05, 4.69) is 254 Å². The van der Waals surface area contributed by atoms with Crippen molar-refractivity contribution in [2.45, 2.75) is 0 Å². The highest BCUT2D eigenvalue weighted by atomic mass is 15.1. The molecule has 0 atom stereocenters. The topological polar surface area (TPSA) is 3.24 Å². The molecule has 1 nitrogen and oxygen atoms in total. The molecular formula is C64H41N. The summed E-state index contributed by atoms with van der Waals surface area (Å²) in [5.41, 5.74) is 8.10. The van der Waals surface area contributed by atoms with Crippen LogP contribution in [0.25, 0.3) is 108 Å². The van der Waals surface area contributed by atoms with Gasteiger partial charge in [0.1, 0.15) is 0 Å². The van der Waals surface area contributed by atoms with Crippen molar-refractivity contribution in [2.75, 3.05) is 4.90 Å². The number of para-hydroxylation sites is 1. The Morgan fingerprint density at radius 2 is 0.600 bits per heavy atom. The summed E-state index contributed by atoms with van der Waals surface area (Å²) >= 11 is 0. The van der Waals surface area contributed by atoms with Crippen molar-refractivity contribution in [3.63, 3.8) is 0 Å². The Kier molecular flexibility index (Phi) is 8.60. The van der Waals surface area contributed by atoms with Gasteiger partial charge in [0.15, 0.2) is 0 Å². The standard InChI is InChI=1S/C64H41N/c1-3-14-42(15-4-1)43-26-28-44(29-27-43)45-32-35-50(36-33-45)65(49-18-5-2-6-19-49)51-37-39-57-55-23-10-8-21-53(55)52-20-7-9-22-54(52)56-24-11-12-25-58(56)64-59-38-34-47-17-13-16-46-30-31-48(63(59)62(46)47)40-61(64)60(57)41-51/h1-41H. The largest absolute Gasteiger partial charge is 0.310 e. The van der Waals surface area contributed by atoms with Crippen molar-refractivity contribution in [3.8, 4) is 22.3 Å². The fraction of sp³-hybridized carbons (Fsp3) is 0. The molecule has 302 valence electrons. The fourth-order valence-electron chi connectivity index (χ4n) is 10.6. The first-order valence-electron chi connectivity index (χ1n) is 22.5. The van der Waals surface area contributed by atoms with Crippen LogP contribution in [0.2, 0.25) is 0 Å². The highest BCUT2D eigenvalue weighted by molar-refractivity contribution is 6.36. The molecule has 0 saturated heterocycles. The molecular weight excluding hydrogens is 783 g/mol. The summed E-state index contributed by atoms with van der Waals surface area (Å²) < 4.78 is 0. The third-order valence-electron chi connectivity index (χ3n) is 13.6. The predicted molar refractivity (Wildman–Crippen MR) is 281 cm³/mol. The van der Waals surface area contributed by atoms with Gasteiger partial charge >= 0.3 is 0 Å². The molecule has 0 amide bonds. The van der Waals surface area contributed by atoms with Gasteiger partial charge in [-0.15, -0.1) is 0 Å². The van der Waals surface area contributed by atoms with Crippen LogP contribution in [0.15, 0.2) is 249 Å². The highest BCUT2D eigenvalue weighted by Gasteiger charge is 2.18. The minimum Gasteiger partial charge on any atom is -0.310 e. The third-order valence-corrected chi connectivity index (χ3v) is 13.6. The number of nitrogens with zero attached hydrogens (tertiary/aromatic N) is 1. The molecule has 0 bridgehead atoms. The van der Waals surface area contributed by atoms with Crippen LogP contribution in [0.3, 0.4) is 0 Å². The van der Waals surface area contributed by atoms with E-state index in [0.717, 1.165) is 17.1 Å². The van der Waals surface area contributed by atoms with Gasteiger partial charge in [-0.25, -0.2) is 0 Å². The molecule has 0 aliphatic heterocycles. The van der Waals surface area contributed by atoms with E-state index in [1.807, 2.05) is 0 Å². The zero-order valence-electron chi connectivity index (χ0n) is 35.6. The van der Waals surface area contributed by atoms with Gasteiger partial charge in [0.05, 0.1) is 0 Å². The summed E-state index contributed by atoms with van der Waals surface area (Å²) in [5.74, 6) is 0. The van der Waals surface area contributed by atoms with Crippen molar-refractivity contribution >= 4 is 103 Å². The van der Waals surface area contributed by atoms with Gasteiger partial charge in [0, 0.05) is 17.1 Å². The van der Waals surface area contributed by atoms with Crippen molar-refractivity contribution in [2.24, 2.45) is 0 Å². The molecule has 65 heavy (non-hydrogen) atoms. The second kappa shape index (κ2) is 15.1. The lowest BCUT2D eigenvalue weighted by Gasteiger charge is -2.26. The number of hydrogen-bond donors (Lipinski definition) is 0. The van der Waals surface area contributed by atoms with Crippen LogP contribution in [0, 0.1) is 0 Å². The van der Waals surface area contributed by atoms with E-state index in [0.29, 0.717) is 0 Å². The number of anilines is 3. The number of benzene rings is 12. The van der Waals surface area contributed by atoms with Gasteiger partial charge in [-0.3, -0.25) is 0 Å².